The van der Waals surface area contributed by atoms with Crippen LogP contribution >= 0.6 is 0 Å². The maximum Gasteiger partial charge on any atom is 0.328 e. The van der Waals surface area contributed by atoms with E-state index in [9.17, 15) is 4.79 Å². The lowest BCUT2D eigenvalue weighted by Gasteiger charge is -2.24. The fourth-order valence-electron chi connectivity index (χ4n) is 4.51. The predicted molar refractivity (Wildman–Crippen MR) is 131 cm³/mol. The maximum absolute atomic E-state index is 12.2. The highest BCUT2D eigenvalue weighted by atomic mass is 16.1. The number of aromatic nitrogens is 4. The van der Waals surface area contributed by atoms with Crippen LogP contribution in [0.2, 0.25) is 0 Å². The fourth-order valence-corrected chi connectivity index (χ4v) is 4.51. The summed E-state index contributed by atoms with van der Waals surface area (Å²) in [4.78, 5) is 25.6. The molecular formula is C23H34N8O. The summed E-state index contributed by atoms with van der Waals surface area (Å²) in [6, 6.07) is 5.78. The van der Waals surface area contributed by atoms with E-state index in [0.29, 0.717) is 11.5 Å². The van der Waals surface area contributed by atoms with Gasteiger partial charge in [0.05, 0.1) is 11.0 Å². The molecule has 1 aromatic carbocycles. The van der Waals surface area contributed by atoms with Crippen molar-refractivity contribution >= 4 is 34.0 Å². The molecule has 1 aliphatic rings. The molecule has 2 aromatic heterocycles. The lowest BCUT2D eigenvalue weighted by molar-refractivity contribution is 0.283. The summed E-state index contributed by atoms with van der Waals surface area (Å²) in [7, 11) is 5.57. The molecule has 0 unspecified atom stereocenters. The molecule has 9 heteroatoms. The molecule has 0 bridgehead atoms. The minimum Gasteiger partial charge on any atom is -0.393 e. The number of nitrogens with zero attached hydrogens (tertiary/aromatic N) is 6. The van der Waals surface area contributed by atoms with Crippen molar-refractivity contribution in [2.75, 3.05) is 49.2 Å². The molecule has 9 nitrogen and oxygen atoms in total. The highest BCUT2D eigenvalue weighted by Gasteiger charge is 2.15. The van der Waals surface area contributed by atoms with E-state index in [0.717, 1.165) is 42.0 Å². The van der Waals surface area contributed by atoms with Crippen LogP contribution in [-0.2, 0) is 14.1 Å². The quantitative estimate of drug-likeness (QED) is 0.585. The van der Waals surface area contributed by atoms with Gasteiger partial charge in [0.2, 0.25) is 0 Å². The molecule has 0 saturated carbocycles. The van der Waals surface area contributed by atoms with Crippen LogP contribution in [0.15, 0.2) is 29.3 Å². The largest absolute Gasteiger partial charge is 0.393 e. The Kier molecular flexibility index (Phi) is 6.64. The van der Waals surface area contributed by atoms with Crippen molar-refractivity contribution in [3.8, 4) is 0 Å². The van der Waals surface area contributed by atoms with Gasteiger partial charge in [-0.3, -0.25) is 9.13 Å². The average Bonchev–Trinajstić information content (AvgIpc) is 2.98. The second kappa shape index (κ2) is 9.60. The van der Waals surface area contributed by atoms with Crippen LogP contribution in [0, 0.1) is 0 Å². The van der Waals surface area contributed by atoms with Gasteiger partial charge in [-0.15, -0.1) is 0 Å². The highest BCUT2D eigenvalue weighted by Crippen LogP contribution is 2.29. The number of likely N-dealkylation sites (tertiary alicyclic amines) is 1. The van der Waals surface area contributed by atoms with Crippen molar-refractivity contribution in [2.24, 2.45) is 14.1 Å². The molecular weight excluding hydrogens is 404 g/mol. The SMILES string of the molecule is CN(CCCN1CCCCCC1)c1ncnc(Nc2ccc3c(c2)n(C)c(=O)n3C)c1N. The number of fused-ring (bicyclic) bond motifs is 1. The van der Waals surface area contributed by atoms with Gasteiger partial charge < -0.3 is 20.9 Å². The van der Waals surface area contributed by atoms with E-state index >= 15 is 0 Å². The van der Waals surface area contributed by atoms with Gasteiger partial charge in [0.15, 0.2) is 11.6 Å². The molecule has 32 heavy (non-hydrogen) atoms. The number of benzene rings is 1. The maximum atomic E-state index is 12.2. The van der Waals surface area contributed by atoms with E-state index in [1.165, 1.54) is 45.1 Å². The fraction of sp³-hybridized carbons (Fsp3) is 0.522. The van der Waals surface area contributed by atoms with Gasteiger partial charge in [-0.2, -0.15) is 0 Å². The molecule has 0 atom stereocenters. The monoisotopic (exact) mass is 438 g/mol. The summed E-state index contributed by atoms with van der Waals surface area (Å²) in [5.74, 6) is 1.29. The van der Waals surface area contributed by atoms with Crippen molar-refractivity contribution in [3.05, 3.63) is 35.0 Å². The number of nitrogens with one attached hydrogen (secondary N) is 1. The molecule has 1 fully saturated rings. The van der Waals surface area contributed by atoms with E-state index in [1.807, 2.05) is 25.2 Å². The molecule has 3 N–H and O–H groups in total. The number of hydrogen-bond donors (Lipinski definition) is 2. The van der Waals surface area contributed by atoms with E-state index in [1.54, 1.807) is 23.2 Å². The Morgan fingerprint density at radius 3 is 2.53 bits per heavy atom. The first-order chi connectivity index (χ1) is 15.5. The van der Waals surface area contributed by atoms with Crippen molar-refractivity contribution in [1.82, 2.24) is 24.0 Å². The second-order valence-electron chi connectivity index (χ2n) is 8.72. The third-order valence-corrected chi connectivity index (χ3v) is 6.43. The number of anilines is 4. The molecule has 172 valence electrons. The van der Waals surface area contributed by atoms with E-state index in [-0.39, 0.29) is 5.69 Å². The zero-order valence-corrected chi connectivity index (χ0v) is 19.3. The molecule has 1 aliphatic heterocycles. The van der Waals surface area contributed by atoms with Gasteiger partial charge >= 0.3 is 5.69 Å². The van der Waals surface area contributed by atoms with Crippen molar-refractivity contribution in [3.63, 3.8) is 0 Å². The Labute approximate surface area is 188 Å². The Balaban J connectivity index is 1.44. The van der Waals surface area contributed by atoms with Crippen LogP contribution in [0.3, 0.4) is 0 Å². The van der Waals surface area contributed by atoms with Gasteiger partial charge in [0, 0.05) is 33.4 Å². The summed E-state index contributed by atoms with van der Waals surface area (Å²) < 4.78 is 3.27. The van der Waals surface area contributed by atoms with Crippen molar-refractivity contribution in [1.29, 1.82) is 0 Å². The van der Waals surface area contributed by atoms with Crippen LogP contribution in [-0.4, -0.2) is 57.2 Å². The Morgan fingerprint density at radius 1 is 1.06 bits per heavy atom. The minimum absolute atomic E-state index is 0.0530. The number of hydrogen-bond acceptors (Lipinski definition) is 7. The van der Waals surface area contributed by atoms with Crippen LogP contribution < -0.4 is 21.6 Å². The average molecular weight is 439 g/mol. The molecule has 0 radical (unpaired) electrons. The smallest absolute Gasteiger partial charge is 0.328 e. The van der Waals surface area contributed by atoms with E-state index in [2.05, 4.69) is 25.1 Å². The lowest BCUT2D eigenvalue weighted by atomic mass is 10.2. The Morgan fingerprint density at radius 2 is 1.78 bits per heavy atom. The van der Waals surface area contributed by atoms with E-state index < -0.39 is 0 Å². The molecule has 0 amide bonds. The number of nitrogens with two attached hydrogens (primary N) is 1. The Bertz CT molecular complexity index is 1130. The first kappa shape index (κ1) is 22.1. The normalized spacial score (nSPS) is 15.1. The Hall–Kier alpha value is -3.07. The van der Waals surface area contributed by atoms with Gasteiger partial charge in [0.25, 0.3) is 0 Å². The molecule has 3 heterocycles. The van der Waals surface area contributed by atoms with E-state index in [4.69, 9.17) is 5.73 Å². The summed E-state index contributed by atoms with van der Waals surface area (Å²) >= 11 is 0. The van der Waals surface area contributed by atoms with Crippen LogP contribution in [0.25, 0.3) is 11.0 Å². The molecule has 0 spiro atoms. The lowest BCUT2D eigenvalue weighted by Crippen LogP contribution is -2.29. The first-order valence-electron chi connectivity index (χ1n) is 11.4. The summed E-state index contributed by atoms with van der Waals surface area (Å²) in [6.07, 6.45) is 7.95. The predicted octanol–water partition coefficient (Wildman–Crippen LogP) is 2.70. The summed E-state index contributed by atoms with van der Waals surface area (Å²) in [5.41, 5.74) is 9.45. The molecule has 0 aliphatic carbocycles. The minimum atomic E-state index is -0.0530. The van der Waals surface area contributed by atoms with Gasteiger partial charge in [0.1, 0.15) is 12.0 Å². The molecule has 1 saturated heterocycles. The van der Waals surface area contributed by atoms with Crippen molar-refractivity contribution in [2.45, 2.75) is 32.1 Å². The number of rotatable bonds is 7. The zero-order chi connectivity index (χ0) is 22.7. The van der Waals surface area contributed by atoms with Gasteiger partial charge in [-0.25, -0.2) is 14.8 Å². The van der Waals surface area contributed by atoms with Crippen LogP contribution in [0.1, 0.15) is 32.1 Å². The summed E-state index contributed by atoms with van der Waals surface area (Å²) in [5, 5.41) is 3.29. The second-order valence-corrected chi connectivity index (χ2v) is 8.72. The van der Waals surface area contributed by atoms with Gasteiger partial charge in [-0.1, -0.05) is 12.8 Å². The highest BCUT2D eigenvalue weighted by molar-refractivity contribution is 5.84. The topological polar surface area (TPSA) is 97.2 Å². The van der Waals surface area contributed by atoms with Gasteiger partial charge in [-0.05, 0) is 57.1 Å². The third-order valence-electron chi connectivity index (χ3n) is 6.43. The number of nitrogen functional groups attached to an aromatic ring is 1. The molecule has 3 aromatic rings. The van der Waals surface area contributed by atoms with Crippen molar-refractivity contribution < 1.29 is 0 Å². The first-order valence-corrected chi connectivity index (χ1v) is 11.4. The summed E-state index contributed by atoms with van der Waals surface area (Å²) in [6.45, 7) is 4.42. The zero-order valence-electron chi connectivity index (χ0n) is 19.3. The van der Waals surface area contributed by atoms with Crippen LogP contribution in [0.4, 0.5) is 23.0 Å². The standard InChI is InChI=1S/C23H34N8O/c1-28(11-8-14-31-12-6-4-5-7-13-31)22-20(24)21(25-16-26-22)27-17-9-10-18-19(15-17)30(3)23(32)29(18)2/h9-10,15-16H,4-8,11-14,24H2,1-3H3,(H,25,26,27). The number of aryl methyl sites for hydroxylation is 2. The molecule has 4 rings (SSSR count). The third kappa shape index (κ3) is 4.57. The number of imidazole rings is 1. The van der Waals surface area contributed by atoms with Crippen LogP contribution in [0.5, 0.6) is 0 Å².